The summed E-state index contributed by atoms with van der Waals surface area (Å²) in [6.45, 7) is 9.36. The van der Waals surface area contributed by atoms with E-state index in [1.54, 1.807) is 0 Å². The first kappa shape index (κ1) is 23.5. The fourth-order valence-corrected chi connectivity index (χ4v) is 2.88. The summed E-state index contributed by atoms with van der Waals surface area (Å²) in [5.41, 5.74) is 3.23. The Morgan fingerprint density at radius 2 is 1.74 bits per heavy atom. The lowest BCUT2D eigenvalue weighted by Crippen LogP contribution is -2.43. The van der Waals surface area contributed by atoms with Gasteiger partial charge < -0.3 is 15.4 Å². The Morgan fingerprint density at radius 1 is 1.07 bits per heavy atom. The minimum Gasteiger partial charge on any atom is -0.483 e. The van der Waals surface area contributed by atoms with Gasteiger partial charge in [-0.2, -0.15) is 0 Å². The Balaban J connectivity index is 0.00000364. The molecule has 0 aromatic heterocycles. The number of nitrogens with one attached hydrogen (secondary N) is 2. The van der Waals surface area contributed by atoms with Crippen molar-refractivity contribution >= 4 is 34.2 Å². The van der Waals surface area contributed by atoms with Crippen LogP contribution in [0.1, 0.15) is 37.5 Å². The average molecular weight is 456 g/mol. The van der Waals surface area contributed by atoms with Crippen LogP contribution in [0.2, 0.25) is 0 Å². The van der Waals surface area contributed by atoms with Gasteiger partial charge in [-0.05, 0) is 51.5 Å². The molecule has 0 radical (unpaired) electrons. The molecule has 1 amide bonds. The number of ether oxygens (including phenoxy) is 1. The normalized spacial score (nSPS) is 10.9. The molecule has 0 unspecified atom stereocenters. The summed E-state index contributed by atoms with van der Waals surface area (Å²) in [6.07, 6.45) is 0. The molecule has 2 rings (SSSR count). The van der Waals surface area contributed by atoms with E-state index >= 15 is 0 Å². The predicted molar refractivity (Wildman–Crippen MR) is 117 cm³/mol. The van der Waals surface area contributed by atoms with Crippen LogP contribution in [0, 0.1) is 6.92 Å². The predicted octanol–water partition coefficient (Wildman–Crippen LogP) is 4.76. The highest BCUT2D eigenvalue weighted by atomic mass is 79.9. The second-order valence-electron chi connectivity index (χ2n) is 7.43. The molecule has 6 heteroatoms. The Morgan fingerprint density at radius 3 is 2.37 bits per heavy atom. The maximum Gasteiger partial charge on any atom is 0.258 e. The Kier molecular flexibility index (Phi) is 9.30. The second kappa shape index (κ2) is 10.7. The first-order chi connectivity index (χ1) is 12.2. The molecule has 27 heavy (non-hydrogen) atoms. The molecule has 0 fully saturated rings. The van der Waals surface area contributed by atoms with Crippen LogP contribution in [0.3, 0.4) is 0 Å². The zero-order chi connectivity index (χ0) is 19.2. The number of hydrogen-bond acceptors (Lipinski definition) is 3. The number of hydrogen-bond donors (Lipinski definition) is 2. The van der Waals surface area contributed by atoms with Crippen LogP contribution in [-0.2, 0) is 17.9 Å². The zero-order valence-electron chi connectivity index (χ0n) is 16.3. The van der Waals surface area contributed by atoms with Gasteiger partial charge in [0.25, 0.3) is 5.91 Å². The summed E-state index contributed by atoms with van der Waals surface area (Å²) in [4.78, 5) is 12.0. The van der Waals surface area contributed by atoms with Crippen molar-refractivity contribution in [2.75, 3.05) is 6.61 Å². The van der Waals surface area contributed by atoms with Crippen molar-refractivity contribution in [1.82, 2.24) is 10.6 Å². The van der Waals surface area contributed by atoms with Crippen LogP contribution in [0.4, 0.5) is 0 Å². The topological polar surface area (TPSA) is 50.4 Å². The number of amides is 1. The van der Waals surface area contributed by atoms with Gasteiger partial charge in [-0.1, -0.05) is 45.8 Å². The maximum absolute atomic E-state index is 12.0. The molecule has 0 aliphatic carbocycles. The van der Waals surface area contributed by atoms with E-state index in [1.165, 1.54) is 11.1 Å². The number of aryl methyl sites for hydroxylation is 1. The molecule has 0 saturated heterocycles. The van der Waals surface area contributed by atoms with Crippen molar-refractivity contribution in [2.45, 2.75) is 46.3 Å². The summed E-state index contributed by atoms with van der Waals surface area (Å²) >= 11 is 3.50. The van der Waals surface area contributed by atoms with Gasteiger partial charge >= 0.3 is 0 Å². The lowest BCUT2D eigenvalue weighted by atomic mass is 10.1. The van der Waals surface area contributed by atoms with Crippen LogP contribution < -0.4 is 15.4 Å². The van der Waals surface area contributed by atoms with Crippen LogP contribution in [-0.4, -0.2) is 18.1 Å². The van der Waals surface area contributed by atoms with Crippen molar-refractivity contribution in [1.29, 1.82) is 0 Å². The highest BCUT2D eigenvalue weighted by Crippen LogP contribution is 2.23. The first-order valence-corrected chi connectivity index (χ1v) is 9.51. The van der Waals surface area contributed by atoms with Crippen molar-refractivity contribution in [3.63, 3.8) is 0 Å². The summed E-state index contributed by atoms with van der Waals surface area (Å²) in [5, 5.41) is 6.33. The van der Waals surface area contributed by atoms with E-state index in [0.29, 0.717) is 12.3 Å². The second-order valence-corrected chi connectivity index (χ2v) is 8.34. The molecule has 0 saturated carbocycles. The van der Waals surface area contributed by atoms with E-state index in [-0.39, 0.29) is 30.5 Å². The third kappa shape index (κ3) is 8.78. The van der Waals surface area contributed by atoms with Gasteiger partial charge in [-0.15, -0.1) is 12.4 Å². The number of rotatable bonds is 7. The number of benzene rings is 2. The fraction of sp³-hybridized carbons (Fsp3) is 0.381. The molecule has 0 aliphatic rings. The van der Waals surface area contributed by atoms with Gasteiger partial charge in [0.1, 0.15) is 5.75 Å². The van der Waals surface area contributed by atoms with E-state index in [9.17, 15) is 4.79 Å². The molecule has 0 heterocycles. The van der Waals surface area contributed by atoms with E-state index < -0.39 is 0 Å². The van der Waals surface area contributed by atoms with Crippen molar-refractivity contribution in [3.8, 4) is 5.75 Å². The van der Waals surface area contributed by atoms with Crippen LogP contribution >= 0.6 is 28.3 Å². The van der Waals surface area contributed by atoms with Crippen molar-refractivity contribution < 1.29 is 9.53 Å². The smallest absolute Gasteiger partial charge is 0.258 e. The van der Waals surface area contributed by atoms with Gasteiger partial charge in [0.15, 0.2) is 6.61 Å². The summed E-state index contributed by atoms with van der Waals surface area (Å²) in [7, 11) is 0. The molecule has 2 aromatic rings. The first-order valence-electron chi connectivity index (χ1n) is 8.71. The van der Waals surface area contributed by atoms with E-state index in [2.05, 4.69) is 57.8 Å². The van der Waals surface area contributed by atoms with Gasteiger partial charge in [0, 0.05) is 28.7 Å². The highest BCUT2D eigenvalue weighted by molar-refractivity contribution is 9.10. The lowest BCUT2D eigenvalue weighted by Gasteiger charge is -2.21. The SMILES string of the molecule is Cc1ccc(CNCc2cc(Br)ccc2OCC(=O)NC(C)(C)C)cc1.Cl. The standard InChI is InChI=1S/C21H27BrN2O2.ClH/c1-15-5-7-16(8-6-15)12-23-13-17-11-18(22)9-10-19(17)26-14-20(25)24-21(2,3)4;/h5-11,23H,12-14H2,1-4H3,(H,24,25);1H. The summed E-state index contributed by atoms with van der Waals surface area (Å²) in [6, 6.07) is 14.3. The summed E-state index contributed by atoms with van der Waals surface area (Å²) in [5.74, 6) is 0.590. The Hall–Kier alpha value is -1.56. The minimum absolute atomic E-state index is 0. The number of halogens is 2. The number of carbonyl (C=O) groups is 1. The minimum atomic E-state index is -0.265. The zero-order valence-corrected chi connectivity index (χ0v) is 18.7. The molecule has 0 aliphatic heterocycles. The van der Waals surface area contributed by atoms with Gasteiger partial charge in [0.05, 0.1) is 0 Å². The van der Waals surface area contributed by atoms with Crippen molar-refractivity contribution in [2.24, 2.45) is 0 Å². The third-order valence-corrected chi connectivity index (χ3v) is 4.15. The molecule has 4 nitrogen and oxygen atoms in total. The molecule has 0 bridgehead atoms. The molecular formula is C21H28BrClN2O2. The largest absolute Gasteiger partial charge is 0.483 e. The number of carbonyl (C=O) groups excluding carboxylic acids is 1. The maximum atomic E-state index is 12.0. The summed E-state index contributed by atoms with van der Waals surface area (Å²) < 4.78 is 6.73. The Bertz CT molecular complexity index is 743. The monoisotopic (exact) mass is 454 g/mol. The highest BCUT2D eigenvalue weighted by Gasteiger charge is 2.14. The van der Waals surface area contributed by atoms with E-state index in [4.69, 9.17) is 4.74 Å². The van der Waals surface area contributed by atoms with Crippen LogP contribution in [0.5, 0.6) is 5.75 Å². The van der Waals surface area contributed by atoms with Gasteiger partial charge in [-0.3, -0.25) is 4.79 Å². The van der Waals surface area contributed by atoms with Crippen LogP contribution in [0.15, 0.2) is 46.9 Å². The lowest BCUT2D eigenvalue weighted by molar-refractivity contribution is -0.124. The molecule has 0 atom stereocenters. The van der Waals surface area contributed by atoms with Gasteiger partial charge in [-0.25, -0.2) is 0 Å². The molecule has 2 N–H and O–H groups in total. The van der Waals surface area contributed by atoms with E-state index in [1.807, 2.05) is 39.0 Å². The average Bonchev–Trinajstić information content (AvgIpc) is 2.54. The van der Waals surface area contributed by atoms with Crippen molar-refractivity contribution in [3.05, 3.63) is 63.6 Å². The van der Waals surface area contributed by atoms with Crippen LogP contribution in [0.25, 0.3) is 0 Å². The molecule has 148 valence electrons. The molecular weight excluding hydrogens is 428 g/mol. The Labute approximate surface area is 176 Å². The fourth-order valence-electron chi connectivity index (χ4n) is 2.47. The molecule has 2 aromatic carbocycles. The molecule has 0 spiro atoms. The van der Waals surface area contributed by atoms with Gasteiger partial charge in [0.2, 0.25) is 0 Å². The quantitative estimate of drug-likeness (QED) is 0.633. The van der Waals surface area contributed by atoms with E-state index in [0.717, 1.165) is 16.6 Å². The third-order valence-electron chi connectivity index (χ3n) is 3.66.